The van der Waals surface area contributed by atoms with Crippen molar-refractivity contribution >= 4 is 28.9 Å². The number of nitrogens with zero attached hydrogens (tertiary/aromatic N) is 2. The standard InChI is InChI=1S/C20H24ClN3O2/c1-14-10-15(2)12-16(11-14)26-13-19(25)23-6-8-24(9-7-23)20-17(21)4-3-5-18(20)22/h3-5,10-12H,6-9,13,22H2,1-2H3. The fourth-order valence-electron chi connectivity index (χ4n) is 3.30. The van der Waals surface area contributed by atoms with E-state index in [4.69, 9.17) is 22.1 Å². The van der Waals surface area contributed by atoms with Crippen LogP contribution in [0.15, 0.2) is 36.4 Å². The molecule has 138 valence electrons. The summed E-state index contributed by atoms with van der Waals surface area (Å²) in [5.41, 5.74) is 9.82. The monoisotopic (exact) mass is 373 g/mol. The average Bonchev–Trinajstić information content (AvgIpc) is 2.59. The molecule has 26 heavy (non-hydrogen) atoms. The molecule has 3 rings (SSSR count). The van der Waals surface area contributed by atoms with Gasteiger partial charge >= 0.3 is 0 Å². The Hall–Kier alpha value is -2.40. The van der Waals surface area contributed by atoms with Crippen LogP contribution in [0.5, 0.6) is 5.75 Å². The van der Waals surface area contributed by atoms with Crippen LogP contribution in [0, 0.1) is 13.8 Å². The van der Waals surface area contributed by atoms with Crippen molar-refractivity contribution in [1.82, 2.24) is 4.90 Å². The van der Waals surface area contributed by atoms with E-state index in [0.717, 1.165) is 22.6 Å². The first-order valence-corrected chi connectivity index (χ1v) is 9.09. The van der Waals surface area contributed by atoms with Gasteiger partial charge in [-0.05, 0) is 49.2 Å². The minimum Gasteiger partial charge on any atom is -0.484 e. The van der Waals surface area contributed by atoms with Gasteiger partial charge in [-0.2, -0.15) is 0 Å². The van der Waals surface area contributed by atoms with Crippen molar-refractivity contribution in [2.75, 3.05) is 43.4 Å². The number of benzene rings is 2. The topological polar surface area (TPSA) is 58.8 Å². The normalized spacial score (nSPS) is 14.4. The van der Waals surface area contributed by atoms with Crippen LogP contribution < -0.4 is 15.4 Å². The number of hydrogen-bond donors (Lipinski definition) is 1. The Morgan fingerprint density at radius 3 is 2.38 bits per heavy atom. The molecule has 1 aliphatic rings. The summed E-state index contributed by atoms with van der Waals surface area (Å²) < 4.78 is 5.69. The molecule has 0 aliphatic carbocycles. The number of anilines is 2. The number of hydrogen-bond acceptors (Lipinski definition) is 4. The Morgan fingerprint density at radius 2 is 1.77 bits per heavy atom. The van der Waals surface area contributed by atoms with Gasteiger partial charge in [0.05, 0.1) is 16.4 Å². The van der Waals surface area contributed by atoms with Crippen molar-refractivity contribution in [3.63, 3.8) is 0 Å². The van der Waals surface area contributed by atoms with Gasteiger partial charge in [-0.3, -0.25) is 4.79 Å². The van der Waals surface area contributed by atoms with Gasteiger partial charge in [-0.15, -0.1) is 0 Å². The van der Waals surface area contributed by atoms with E-state index in [0.29, 0.717) is 36.9 Å². The first-order chi connectivity index (χ1) is 12.4. The predicted octanol–water partition coefficient (Wildman–Crippen LogP) is 3.27. The molecule has 2 aromatic rings. The van der Waals surface area contributed by atoms with E-state index in [1.54, 1.807) is 0 Å². The third kappa shape index (κ3) is 4.22. The van der Waals surface area contributed by atoms with Gasteiger partial charge in [-0.25, -0.2) is 0 Å². The summed E-state index contributed by atoms with van der Waals surface area (Å²) in [6, 6.07) is 11.5. The molecular formula is C20H24ClN3O2. The SMILES string of the molecule is Cc1cc(C)cc(OCC(=O)N2CCN(c3c(N)cccc3Cl)CC2)c1. The smallest absolute Gasteiger partial charge is 0.260 e. The van der Waals surface area contributed by atoms with Gasteiger partial charge in [0, 0.05) is 26.2 Å². The molecule has 1 heterocycles. The minimum atomic E-state index is -0.00376. The maximum Gasteiger partial charge on any atom is 0.260 e. The van der Waals surface area contributed by atoms with Crippen molar-refractivity contribution in [3.8, 4) is 5.75 Å². The molecule has 0 bridgehead atoms. The molecule has 0 atom stereocenters. The predicted molar refractivity (Wildman–Crippen MR) is 106 cm³/mol. The summed E-state index contributed by atoms with van der Waals surface area (Å²) >= 11 is 6.28. The van der Waals surface area contributed by atoms with E-state index in [9.17, 15) is 4.79 Å². The van der Waals surface area contributed by atoms with Crippen molar-refractivity contribution in [1.29, 1.82) is 0 Å². The summed E-state index contributed by atoms with van der Waals surface area (Å²) in [6.07, 6.45) is 0. The highest BCUT2D eigenvalue weighted by molar-refractivity contribution is 6.34. The van der Waals surface area contributed by atoms with Crippen LogP contribution in [0.1, 0.15) is 11.1 Å². The van der Waals surface area contributed by atoms with E-state index in [-0.39, 0.29) is 12.5 Å². The molecule has 2 N–H and O–H groups in total. The lowest BCUT2D eigenvalue weighted by atomic mass is 10.1. The quantitative estimate of drug-likeness (QED) is 0.835. The number of carbonyl (C=O) groups excluding carboxylic acids is 1. The van der Waals surface area contributed by atoms with Gasteiger partial charge in [0.25, 0.3) is 5.91 Å². The molecule has 6 heteroatoms. The minimum absolute atomic E-state index is 0.00376. The van der Waals surface area contributed by atoms with Gasteiger partial charge in [0.1, 0.15) is 5.75 Å². The van der Waals surface area contributed by atoms with E-state index in [1.165, 1.54) is 0 Å². The summed E-state index contributed by atoms with van der Waals surface area (Å²) in [5, 5.41) is 0.642. The second-order valence-corrected chi connectivity index (χ2v) is 7.06. The lowest BCUT2D eigenvalue weighted by Crippen LogP contribution is -2.50. The number of aryl methyl sites for hydroxylation is 2. The van der Waals surface area contributed by atoms with E-state index >= 15 is 0 Å². The molecule has 0 spiro atoms. The molecule has 0 saturated carbocycles. The Labute approximate surface area is 159 Å². The van der Waals surface area contributed by atoms with E-state index in [1.807, 2.05) is 49.1 Å². The molecule has 0 aromatic heterocycles. The van der Waals surface area contributed by atoms with Gasteiger partial charge in [-0.1, -0.05) is 23.7 Å². The lowest BCUT2D eigenvalue weighted by Gasteiger charge is -2.37. The third-order valence-electron chi connectivity index (χ3n) is 4.52. The summed E-state index contributed by atoms with van der Waals surface area (Å²) in [5.74, 6) is 0.731. The van der Waals surface area contributed by atoms with Crippen LogP contribution in [-0.2, 0) is 4.79 Å². The Morgan fingerprint density at radius 1 is 1.12 bits per heavy atom. The number of nitrogen functional groups attached to an aromatic ring is 1. The summed E-state index contributed by atoms with van der Waals surface area (Å²) in [6.45, 7) is 6.73. The number of halogens is 1. The fraction of sp³-hybridized carbons (Fsp3) is 0.350. The van der Waals surface area contributed by atoms with Crippen molar-refractivity contribution < 1.29 is 9.53 Å². The van der Waals surface area contributed by atoms with Crippen molar-refractivity contribution in [3.05, 3.63) is 52.5 Å². The molecule has 2 aromatic carbocycles. The number of nitrogens with two attached hydrogens (primary N) is 1. The second-order valence-electron chi connectivity index (χ2n) is 6.66. The Bertz CT molecular complexity index is 761. The zero-order valence-corrected chi connectivity index (χ0v) is 15.9. The molecule has 1 fully saturated rings. The number of ether oxygens (including phenoxy) is 1. The number of rotatable bonds is 4. The Balaban J connectivity index is 1.55. The largest absolute Gasteiger partial charge is 0.484 e. The molecule has 1 amide bonds. The highest BCUT2D eigenvalue weighted by Gasteiger charge is 2.23. The first-order valence-electron chi connectivity index (χ1n) is 8.72. The molecule has 1 aliphatic heterocycles. The number of para-hydroxylation sites is 1. The van der Waals surface area contributed by atoms with Crippen LogP contribution in [0.25, 0.3) is 0 Å². The zero-order chi connectivity index (χ0) is 18.7. The third-order valence-corrected chi connectivity index (χ3v) is 4.83. The number of amides is 1. The number of piperazine rings is 1. The second kappa shape index (κ2) is 7.87. The van der Waals surface area contributed by atoms with Crippen LogP contribution >= 0.6 is 11.6 Å². The van der Waals surface area contributed by atoms with E-state index in [2.05, 4.69) is 11.0 Å². The lowest BCUT2D eigenvalue weighted by molar-refractivity contribution is -0.133. The highest BCUT2D eigenvalue weighted by Crippen LogP contribution is 2.32. The van der Waals surface area contributed by atoms with E-state index < -0.39 is 0 Å². The maximum atomic E-state index is 12.4. The van der Waals surface area contributed by atoms with Gasteiger partial charge in [0.15, 0.2) is 6.61 Å². The molecule has 5 nitrogen and oxygen atoms in total. The fourth-order valence-corrected chi connectivity index (χ4v) is 3.60. The first kappa shape index (κ1) is 18.4. The average molecular weight is 374 g/mol. The van der Waals surface area contributed by atoms with Crippen molar-refractivity contribution in [2.24, 2.45) is 0 Å². The molecule has 0 unspecified atom stereocenters. The van der Waals surface area contributed by atoms with Gasteiger partial charge in [0.2, 0.25) is 0 Å². The van der Waals surface area contributed by atoms with Gasteiger partial charge < -0.3 is 20.3 Å². The Kier molecular flexibility index (Phi) is 5.57. The van der Waals surface area contributed by atoms with Crippen molar-refractivity contribution in [2.45, 2.75) is 13.8 Å². The molecule has 0 radical (unpaired) electrons. The maximum absolute atomic E-state index is 12.4. The number of carbonyl (C=O) groups is 1. The van der Waals surface area contributed by atoms with Crippen LogP contribution in [0.2, 0.25) is 5.02 Å². The van der Waals surface area contributed by atoms with Crippen LogP contribution in [0.4, 0.5) is 11.4 Å². The molecular weight excluding hydrogens is 350 g/mol. The van der Waals surface area contributed by atoms with Crippen LogP contribution in [0.3, 0.4) is 0 Å². The van der Waals surface area contributed by atoms with Crippen LogP contribution in [-0.4, -0.2) is 43.6 Å². The summed E-state index contributed by atoms with van der Waals surface area (Å²) in [7, 11) is 0. The zero-order valence-electron chi connectivity index (χ0n) is 15.2. The highest BCUT2D eigenvalue weighted by atomic mass is 35.5. The summed E-state index contributed by atoms with van der Waals surface area (Å²) in [4.78, 5) is 16.4. The molecule has 1 saturated heterocycles.